The first-order valence-electron chi connectivity index (χ1n) is 12.4. The fourth-order valence-electron chi connectivity index (χ4n) is 4.93. The van der Waals surface area contributed by atoms with E-state index in [1.807, 2.05) is 18.2 Å². The Balaban J connectivity index is 1.39. The summed E-state index contributed by atoms with van der Waals surface area (Å²) in [4.78, 5) is 2.50. The van der Waals surface area contributed by atoms with Crippen molar-refractivity contribution in [3.05, 3.63) is 95.3 Å². The van der Waals surface area contributed by atoms with Crippen LogP contribution in [-0.4, -0.2) is 39.9 Å². The molecule has 3 aromatic rings. The van der Waals surface area contributed by atoms with Crippen LogP contribution in [0.4, 0.5) is 0 Å². The SMILES string of the molecule is Cc1ccccc1Cn1cccc1CN(CC(O)COCc1ccccc1)C1CCCCC1. The summed E-state index contributed by atoms with van der Waals surface area (Å²) in [6.07, 6.45) is 8.02. The van der Waals surface area contributed by atoms with Crippen molar-refractivity contribution >= 4 is 0 Å². The van der Waals surface area contributed by atoms with E-state index < -0.39 is 6.10 Å². The molecule has 0 saturated heterocycles. The van der Waals surface area contributed by atoms with Gasteiger partial charge in [-0.15, -0.1) is 0 Å². The van der Waals surface area contributed by atoms with Crippen molar-refractivity contribution in [1.82, 2.24) is 9.47 Å². The summed E-state index contributed by atoms with van der Waals surface area (Å²) in [5.74, 6) is 0. The van der Waals surface area contributed by atoms with Crippen molar-refractivity contribution < 1.29 is 9.84 Å². The van der Waals surface area contributed by atoms with E-state index in [2.05, 4.69) is 71.1 Å². The predicted octanol–water partition coefficient (Wildman–Crippen LogP) is 5.56. The second-order valence-electron chi connectivity index (χ2n) is 9.43. The smallest absolute Gasteiger partial charge is 0.0900 e. The molecule has 4 nitrogen and oxygen atoms in total. The number of aliphatic hydroxyl groups excluding tert-OH is 1. The molecule has 1 aromatic heterocycles. The largest absolute Gasteiger partial charge is 0.389 e. The predicted molar refractivity (Wildman–Crippen MR) is 134 cm³/mol. The monoisotopic (exact) mass is 446 g/mol. The van der Waals surface area contributed by atoms with E-state index in [1.54, 1.807) is 0 Å². The molecular formula is C29H38N2O2. The van der Waals surface area contributed by atoms with Crippen molar-refractivity contribution in [3.63, 3.8) is 0 Å². The molecule has 33 heavy (non-hydrogen) atoms. The molecule has 1 unspecified atom stereocenters. The van der Waals surface area contributed by atoms with Crippen LogP contribution in [-0.2, 0) is 24.4 Å². The minimum Gasteiger partial charge on any atom is -0.389 e. The maximum Gasteiger partial charge on any atom is 0.0900 e. The Hall–Kier alpha value is -2.40. The van der Waals surface area contributed by atoms with Gasteiger partial charge in [0.25, 0.3) is 0 Å². The quantitative estimate of drug-likeness (QED) is 0.419. The van der Waals surface area contributed by atoms with Crippen LogP contribution in [0.2, 0.25) is 0 Å². The second kappa shape index (κ2) is 12.2. The van der Waals surface area contributed by atoms with Crippen LogP contribution in [0.1, 0.15) is 54.5 Å². The van der Waals surface area contributed by atoms with Gasteiger partial charge in [-0.1, -0.05) is 73.9 Å². The van der Waals surface area contributed by atoms with Crippen LogP contribution >= 0.6 is 0 Å². The number of nitrogens with zero attached hydrogens (tertiary/aromatic N) is 2. The lowest BCUT2D eigenvalue weighted by Crippen LogP contribution is -2.42. The highest BCUT2D eigenvalue weighted by atomic mass is 16.5. The molecule has 1 aliphatic rings. The van der Waals surface area contributed by atoms with Crippen LogP contribution in [0.5, 0.6) is 0 Å². The standard InChI is InChI=1S/C29H38N2O2/c1-24-11-8-9-14-26(24)19-30-18-10-17-28(30)20-31(27-15-6-3-7-16-27)21-29(32)23-33-22-25-12-4-2-5-13-25/h2,4-5,8-14,17-18,27,29,32H,3,6-7,15-16,19-23H2,1H3. The average Bonchev–Trinajstić information content (AvgIpc) is 3.28. The van der Waals surface area contributed by atoms with Gasteiger partial charge in [-0.3, -0.25) is 4.90 Å². The van der Waals surface area contributed by atoms with Gasteiger partial charge in [0.2, 0.25) is 0 Å². The van der Waals surface area contributed by atoms with Crippen LogP contribution in [0.25, 0.3) is 0 Å². The molecule has 1 atom stereocenters. The molecule has 1 N–H and O–H groups in total. The van der Waals surface area contributed by atoms with Crippen LogP contribution < -0.4 is 0 Å². The van der Waals surface area contributed by atoms with Gasteiger partial charge in [-0.25, -0.2) is 0 Å². The van der Waals surface area contributed by atoms with E-state index >= 15 is 0 Å². The summed E-state index contributed by atoms with van der Waals surface area (Å²) < 4.78 is 8.20. The van der Waals surface area contributed by atoms with Crippen molar-refractivity contribution in [2.45, 2.75) is 70.9 Å². The molecule has 0 bridgehead atoms. The van der Waals surface area contributed by atoms with Gasteiger partial charge in [-0.05, 0) is 48.6 Å². The van der Waals surface area contributed by atoms with E-state index in [9.17, 15) is 5.11 Å². The maximum absolute atomic E-state index is 10.8. The van der Waals surface area contributed by atoms with Gasteiger partial charge in [0.15, 0.2) is 0 Å². The highest BCUT2D eigenvalue weighted by molar-refractivity contribution is 5.26. The zero-order valence-electron chi connectivity index (χ0n) is 19.9. The molecule has 1 heterocycles. The maximum atomic E-state index is 10.8. The van der Waals surface area contributed by atoms with E-state index in [0.29, 0.717) is 25.8 Å². The summed E-state index contributed by atoms with van der Waals surface area (Å²) in [5.41, 5.74) is 5.13. The Labute approximate surface area is 198 Å². The lowest BCUT2D eigenvalue weighted by Gasteiger charge is -2.35. The minimum absolute atomic E-state index is 0.363. The first-order valence-corrected chi connectivity index (χ1v) is 12.4. The Morgan fingerprint density at radius 1 is 0.970 bits per heavy atom. The summed E-state index contributed by atoms with van der Waals surface area (Å²) >= 11 is 0. The molecule has 2 aromatic carbocycles. The number of hydrogen-bond acceptors (Lipinski definition) is 3. The molecule has 176 valence electrons. The first-order chi connectivity index (χ1) is 16.2. The molecule has 0 aliphatic heterocycles. The molecule has 0 radical (unpaired) electrons. The molecule has 0 spiro atoms. The highest BCUT2D eigenvalue weighted by Crippen LogP contribution is 2.25. The van der Waals surface area contributed by atoms with Crippen LogP contribution in [0.15, 0.2) is 72.9 Å². The van der Waals surface area contributed by atoms with E-state index in [0.717, 1.165) is 18.7 Å². The third-order valence-corrected chi connectivity index (χ3v) is 6.85. The number of aryl methyl sites for hydroxylation is 1. The lowest BCUT2D eigenvalue weighted by atomic mass is 9.94. The zero-order valence-corrected chi connectivity index (χ0v) is 19.9. The van der Waals surface area contributed by atoms with E-state index in [1.165, 1.54) is 48.9 Å². The Kier molecular flexibility index (Phi) is 8.76. The summed E-state index contributed by atoms with van der Waals surface area (Å²) in [7, 11) is 0. The Bertz CT molecular complexity index is 963. The zero-order chi connectivity index (χ0) is 22.9. The number of rotatable bonds is 11. The van der Waals surface area contributed by atoms with E-state index in [4.69, 9.17) is 4.74 Å². The molecule has 4 heteroatoms. The number of ether oxygens (including phenoxy) is 1. The fourth-order valence-corrected chi connectivity index (χ4v) is 4.93. The normalized spacial score (nSPS) is 15.7. The fraction of sp³-hybridized carbons (Fsp3) is 0.448. The van der Waals surface area contributed by atoms with Crippen LogP contribution in [0, 0.1) is 6.92 Å². The molecule has 0 amide bonds. The van der Waals surface area contributed by atoms with Gasteiger partial charge in [0, 0.05) is 37.6 Å². The molecule has 1 aliphatic carbocycles. The highest BCUT2D eigenvalue weighted by Gasteiger charge is 2.24. The van der Waals surface area contributed by atoms with Crippen molar-refractivity contribution in [2.24, 2.45) is 0 Å². The topological polar surface area (TPSA) is 37.6 Å². The number of aliphatic hydroxyl groups is 1. The molecule has 4 rings (SSSR count). The molecule has 1 fully saturated rings. The molecular weight excluding hydrogens is 408 g/mol. The van der Waals surface area contributed by atoms with Crippen molar-refractivity contribution in [2.75, 3.05) is 13.2 Å². The second-order valence-corrected chi connectivity index (χ2v) is 9.43. The summed E-state index contributed by atoms with van der Waals surface area (Å²) in [6, 6.07) is 23.7. The van der Waals surface area contributed by atoms with Gasteiger partial charge >= 0.3 is 0 Å². The van der Waals surface area contributed by atoms with Gasteiger partial charge in [-0.2, -0.15) is 0 Å². The van der Waals surface area contributed by atoms with Crippen molar-refractivity contribution in [3.8, 4) is 0 Å². The van der Waals surface area contributed by atoms with Gasteiger partial charge in [0.1, 0.15) is 0 Å². The Morgan fingerprint density at radius 3 is 2.52 bits per heavy atom. The Morgan fingerprint density at radius 2 is 1.73 bits per heavy atom. The third-order valence-electron chi connectivity index (χ3n) is 6.85. The summed E-state index contributed by atoms with van der Waals surface area (Å²) in [6.45, 7) is 5.48. The average molecular weight is 447 g/mol. The van der Waals surface area contributed by atoms with Crippen molar-refractivity contribution in [1.29, 1.82) is 0 Å². The van der Waals surface area contributed by atoms with Gasteiger partial charge in [0.05, 0.1) is 19.3 Å². The van der Waals surface area contributed by atoms with E-state index in [-0.39, 0.29) is 0 Å². The van der Waals surface area contributed by atoms with Gasteiger partial charge < -0.3 is 14.4 Å². The third kappa shape index (κ3) is 7.04. The first kappa shape index (κ1) is 23.7. The molecule has 1 saturated carbocycles. The number of aromatic nitrogens is 1. The summed E-state index contributed by atoms with van der Waals surface area (Å²) in [5, 5.41) is 10.8. The van der Waals surface area contributed by atoms with Crippen LogP contribution in [0.3, 0.4) is 0 Å². The number of hydrogen-bond donors (Lipinski definition) is 1. The lowest BCUT2D eigenvalue weighted by molar-refractivity contribution is -0.00384. The minimum atomic E-state index is -0.490. The number of benzene rings is 2.